The van der Waals surface area contributed by atoms with Crippen LogP contribution in [0.3, 0.4) is 0 Å². The second-order valence-corrected chi connectivity index (χ2v) is 7.21. The molecule has 2 unspecified atom stereocenters. The van der Waals surface area contributed by atoms with E-state index in [2.05, 4.69) is 79.7 Å². The highest BCUT2D eigenvalue weighted by atomic mass is 16.5. The lowest BCUT2D eigenvalue weighted by Crippen LogP contribution is -2.23. The highest BCUT2D eigenvalue weighted by Crippen LogP contribution is 2.38. The van der Waals surface area contributed by atoms with E-state index in [4.69, 9.17) is 4.74 Å². The van der Waals surface area contributed by atoms with Crippen molar-refractivity contribution in [3.63, 3.8) is 0 Å². The summed E-state index contributed by atoms with van der Waals surface area (Å²) >= 11 is 0. The first-order valence-corrected chi connectivity index (χ1v) is 9.80. The average molecular weight is 347 g/mol. The molecule has 1 saturated carbocycles. The first-order valence-electron chi connectivity index (χ1n) is 9.80. The Hall–Kier alpha value is -1.99. The van der Waals surface area contributed by atoms with Crippen LogP contribution in [0.25, 0.3) is 0 Å². The van der Waals surface area contributed by atoms with Crippen molar-refractivity contribution in [3.05, 3.63) is 96.0 Å². The van der Waals surface area contributed by atoms with Crippen LogP contribution in [0, 0.1) is 23.9 Å². The fourth-order valence-corrected chi connectivity index (χ4v) is 4.09. The topological polar surface area (TPSA) is 9.23 Å². The van der Waals surface area contributed by atoms with Crippen molar-refractivity contribution < 1.29 is 4.74 Å². The summed E-state index contributed by atoms with van der Waals surface area (Å²) in [7, 11) is 1.81. The van der Waals surface area contributed by atoms with E-state index in [0.717, 1.165) is 6.42 Å². The van der Waals surface area contributed by atoms with Crippen LogP contribution >= 0.6 is 0 Å². The molecule has 26 heavy (non-hydrogen) atoms. The molecule has 1 aliphatic carbocycles. The summed E-state index contributed by atoms with van der Waals surface area (Å²) in [4.78, 5) is 0. The molecule has 2 aromatic carbocycles. The Bertz CT molecular complexity index is 622. The van der Waals surface area contributed by atoms with E-state index >= 15 is 0 Å². The number of allylic oxidation sites excluding steroid dienone is 2. The predicted molar refractivity (Wildman–Crippen MR) is 109 cm³/mol. The van der Waals surface area contributed by atoms with Gasteiger partial charge in [0.2, 0.25) is 6.10 Å². The van der Waals surface area contributed by atoms with Gasteiger partial charge in [0, 0.05) is 11.8 Å². The highest BCUT2D eigenvalue weighted by molar-refractivity contribution is 5.46. The third-order valence-corrected chi connectivity index (χ3v) is 5.61. The number of hydrogen-bond donors (Lipinski definition) is 0. The summed E-state index contributed by atoms with van der Waals surface area (Å²) in [6.07, 6.45) is 12.1. The molecule has 0 amide bonds. The zero-order chi connectivity index (χ0) is 18.2. The van der Waals surface area contributed by atoms with Gasteiger partial charge in [-0.25, -0.2) is 0 Å². The fourth-order valence-electron chi connectivity index (χ4n) is 4.09. The van der Waals surface area contributed by atoms with Gasteiger partial charge < -0.3 is 0 Å². The highest BCUT2D eigenvalue weighted by Gasteiger charge is 2.37. The lowest BCUT2D eigenvalue weighted by Gasteiger charge is -2.25. The van der Waals surface area contributed by atoms with Gasteiger partial charge in [-0.2, -0.15) is 4.74 Å². The molecule has 135 valence electrons. The number of ether oxygens (including phenoxy) is 1. The van der Waals surface area contributed by atoms with Crippen molar-refractivity contribution in [2.45, 2.75) is 39.0 Å². The third-order valence-electron chi connectivity index (χ3n) is 5.61. The van der Waals surface area contributed by atoms with E-state index < -0.39 is 0 Å². The molecule has 1 nitrogen and oxygen atoms in total. The summed E-state index contributed by atoms with van der Waals surface area (Å²) in [6, 6.07) is 21.5. The van der Waals surface area contributed by atoms with Gasteiger partial charge >= 0.3 is 0 Å². The maximum atomic E-state index is 5.56. The van der Waals surface area contributed by atoms with E-state index in [9.17, 15) is 0 Å². The van der Waals surface area contributed by atoms with Gasteiger partial charge in [-0.05, 0) is 36.8 Å². The Kier molecular flexibility index (Phi) is 6.96. The SMILES string of the molecule is CO[C+](C)C1CCCCC1/C=C/C[C](c1ccccc1)c1ccccc1. The molecule has 2 atom stereocenters. The Morgan fingerprint density at radius 1 is 0.962 bits per heavy atom. The number of benzene rings is 2. The van der Waals surface area contributed by atoms with E-state index in [0.29, 0.717) is 11.8 Å². The Morgan fingerprint density at radius 3 is 2.12 bits per heavy atom. The normalized spacial score (nSPS) is 20.6. The zero-order valence-corrected chi connectivity index (χ0v) is 16.0. The van der Waals surface area contributed by atoms with Crippen LogP contribution in [0.4, 0.5) is 0 Å². The van der Waals surface area contributed by atoms with Crippen LogP contribution in [-0.2, 0) is 4.74 Å². The monoisotopic (exact) mass is 346 g/mol. The van der Waals surface area contributed by atoms with Crippen LogP contribution in [0.5, 0.6) is 0 Å². The molecule has 0 N–H and O–H groups in total. The maximum absolute atomic E-state index is 5.56. The molecule has 1 aliphatic rings. The van der Waals surface area contributed by atoms with Crippen LogP contribution in [0.2, 0.25) is 0 Å². The summed E-state index contributed by atoms with van der Waals surface area (Å²) in [5.74, 6) is 2.57. The van der Waals surface area contributed by atoms with Gasteiger partial charge in [-0.1, -0.05) is 79.2 Å². The number of hydrogen-bond acceptors (Lipinski definition) is 1. The molecule has 1 radical (unpaired) electrons. The molecule has 0 aromatic heterocycles. The zero-order valence-electron chi connectivity index (χ0n) is 16.0. The maximum Gasteiger partial charge on any atom is 0.241 e. The largest absolute Gasteiger partial charge is 0.241 e. The Balaban J connectivity index is 1.74. The second kappa shape index (κ2) is 9.64. The summed E-state index contributed by atoms with van der Waals surface area (Å²) in [5.41, 5.74) is 2.62. The number of methoxy groups -OCH3 is 1. The summed E-state index contributed by atoms with van der Waals surface area (Å²) in [6.45, 7) is 2.14. The van der Waals surface area contributed by atoms with Gasteiger partial charge in [0.15, 0.2) is 0 Å². The molecule has 0 aliphatic heterocycles. The first-order chi connectivity index (χ1) is 12.8. The molecule has 2 aromatic rings. The minimum atomic E-state index is 0.571. The average Bonchev–Trinajstić information content (AvgIpc) is 2.72. The second-order valence-electron chi connectivity index (χ2n) is 7.21. The van der Waals surface area contributed by atoms with Gasteiger partial charge in [0.25, 0.3) is 0 Å². The standard InChI is InChI=1S/C25H30O/c1-20(26-2)24-18-10-9-16-21(24)17-11-19-25(22-12-5-3-6-13-22)23-14-7-4-8-15-23/h3-8,11-15,17,21,24H,9-10,16,18-19H2,1-2H3/q+1/b17-11+. The molecule has 1 fully saturated rings. The number of rotatable bonds is 7. The van der Waals surface area contributed by atoms with E-state index in [1.807, 2.05) is 0 Å². The van der Waals surface area contributed by atoms with Crippen molar-refractivity contribution >= 4 is 0 Å². The Morgan fingerprint density at radius 2 is 1.54 bits per heavy atom. The van der Waals surface area contributed by atoms with Crippen molar-refractivity contribution in [2.24, 2.45) is 11.8 Å². The van der Waals surface area contributed by atoms with Crippen LogP contribution in [0.1, 0.15) is 50.2 Å². The molecule has 0 heterocycles. The molecule has 1 heteroatoms. The van der Waals surface area contributed by atoms with Gasteiger partial charge in [0.1, 0.15) is 12.8 Å². The van der Waals surface area contributed by atoms with Gasteiger partial charge in [-0.15, -0.1) is 0 Å². The molecule has 0 bridgehead atoms. The van der Waals surface area contributed by atoms with E-state index in [1.54, 1.807) is 7.11 Å². The fraction of sp³-hybridized carbons (Fsp3) is 0.360. The smallest absolute Gasteiger partial charge is 0.197 e. The molecule has 0 spiro atoms. The third kappa shape index (κ3) is 4.80. The minimum absolute atomic E-state index is 0.571. The van der Waals surface area contributed by atoms with E-state index in [-0.39, 0.29) is 0 Å². The minimum Gasteiger partial charge on any atom is -0.197 e. The molecule has 0 saturated heterocycles. The lowest BCUT2D eigenvalue weighted by molar-refractivity contribution is 0.120. The van der Waals surface area contributed by atoms with Crippen molar-refractivity contribution in [2.75, 3.05) is 7.11 Å². The van der Waals surface area contributed by atoms with Gasteiger partial charge in [-0.3, -0.25) is 0 Å². The summed E-state index contributed by atoms with van der Waals surface area (Å²) in [5, 5.41) is 0. The van der Waals surface area contributed by atoms with E-state index in [1.165, 1.54) is 48.8 Å². The van der Waals surface area contributed by atoms with Crippen molar-refractivity contribution in [1.82, 2.24) is 0 Å². The molecular formula is C25H30O+. The van der Waals surface area contributed by atoms with Crippen LogP contribution < -0.4 is 0 Å². The van der Waals surface area contributed by atoms with Crippen molar-refractivity contribution in [3.8, 4) is 0 Å². The van der Waals surface area contributed by atoms with Gasteiger partial charge in [0.05, 0.1) is 7.11 Å². The summed E-state index contributed by atoms with van der Waals surface area (Å²) < 4.78 is 5.56. The first kappa shape index (κ1) is 18.8. The van der Waals surface area contributed by atoms with Crippen molar-refractivity contribution in [1.29, 1.82) is 0 Å². The van der Waals surface area contributed by atoms with Crippen LogP contribution in [0.15, 0.2) is 72.8 Å². The van der Waals surface area contributed by atoms with Crippen LogP contribution in [-0.4, -0.2) is 7.11 Å². The Labute approximate surface area is 159 Å². The predicted octanol–water partition coefficient (Wildman–Crippen LogP) is 6.61. The molecule has 3 rings (SSSR count). The molecular weight excluding hydrogens is 316 g/mol. The quantitative estimate of drug-likeness (QED) is 0.405. The lowest BCUT2D eigenvalue weighted by atomic mass is 9.76.